The predicted molar refractivity (Wildman–Crippen MR) is 100 cm³/mol. The summed E-state index contributed by atoms with van der Waals surface area (Å²) in [6.07, 6.45) is 0. The number of methoxy groups -OCH3 is 2. The molecule has 2 aromatic rings. The summed E-state index contributed by atoms with van der Waals surface area (Å²) in [6, 6.07) is 13.3. The molecule has 8 heteroatoms. The number of carbonyl (C=O) groups is 1. The number of rotatable bonds is 9. The Morgan fingerprint density at radius 2 is 1.67 bits per heavy atom. The maximum Gasteiger partial charge on any atom is 0.321 e. The maximum absolute atomic E-state index is 13.2. The number of sulfonamides is 1. The molecule has 27 heavy (non-hydrogen) atoms. The van der Waals surface area contributed by atoms with E-state index in [1.165, 1.54) is 32.4 Å². The van der Waals surface area contributed by atoms with Gasteiger partial charge >= 0.3 is 5.97 Å². The highest BCUT2D eigenvalue weighted by Gasteiger charge is 2.28. The van der Waals surface area contributed by atoms with Gasteiger partial charge in [0.25, 0.3) is 0 Å². The van der Waals surface area contributed by atoms with Gasteiger partial charge in [-0.25, -0.2) is 8.42 Å². The van der Waals surface area contributed by atoms with Crippen LogP contribution < -0.4 is 9.47 Å². The first-order valence-electron chi connectivity index (χ1n) is 8.34. The molecule has 2 aromatic carbocycles. The van der Waals surface area contributed by atoms with E-state index < -0.39 is 16.0 Å². The minimum absolute atomic E-state index is 0.000351. The zero-order chi connectivity index (χ0) is 19.9. The van der Waals surface area contributed by atoms with E-state index in [9.17, 15) is 13.2 Å². The number of benzene rings is 2. The molecule has 0 atom stereocenters. The Balaban J connectivity index is 2.41. The lowest BCUT2D eigenvalue weighted by atomic mass is 10.2. The first-order valence-corrected chi connectivity index (χ1v) is 9.78. The molecule has 0 unspecified atom stereocenters. The number of carbonyl (C=O) groups excluding carboxylic acids is 1. The van der Waals surface area contributed by atoms with Gasteiger partial charge in [0, 0.05) is 12.6 Å². The summed E-state index contributed by atoms with van der Waals surface area (Å²) >= 11 is 0. The van der Waals surface area contributed by atoms with Gasteiger partial charge in [-0.2, -0.15) is 4.31 Å². The molecule has 0 fully saturated rings. The van der Waals surface area contributed by atoms with Crippen molar-refractivity contribution in [2.24, 2.45) is 0 Å². The molecular weight excluding hydrogens is 370 g/mol. The Kier molecular flexibility index (Phi) is 7.20. The Bertz CT molecular complexity index is 867. The van der Waals surface area contributed by atoms with Gasteiger partial charge in [-0.1, -0.05) is 30.3 Å². The van der Waals surface area contributed by atoms with Gasteiger partial charge in [0.15, 0.2) is 11.5 Å². The lowest BCUT2D eigenvalue weighted by Crippen LogP contribution is -2.36. The maximum atomic E-state index is 13.2. The molecule has 0 heterocycles. The largest absolute Gasteiger partial charge is 0.493 e. The van der Waals surface area contributed by atoms with Crippen LogP contribution in [0.3, 0.4) is 0 Å². The topological polar surface area (TPSA) is 82.1 Å². The summed E-state index contributed by atoms with van der Waals surface area (Å²) in [5.74, 6) is 0.0864. The minimum Gasteiger partial charge on any atom is -0.493 e. The van der Waals surface area contributed by atoms with Crippen LogP contribution in [0.4, 0.5) is 0 Å². The van der Waals surface area contributed by atoms with Crippen LogP contribution in [0, 0.1) is 0 Å². The molecule has 0 aromatic heterocycles. The number of hydrogen-bond donors (Lipinski definition) is 0. The molecule has 146 valence electrons. The third kappa shape index (κ3) is 5.21. The van der Waals surface area contributed by atoms with E-state index in [2.05, 4.69) is 0 Å². The molecule has 2 rings (SSSR count). The number of hydrogen-bond acceptors (Lipinski definition) is 6. The number of ether oxygens (including phenoxy) is 3. The normalized spacial score (nSPS) is 11.3. The smallest absolute Gasteiger partial charge is 0.321 e. The average Bonchev–Trinajstić information content (AvgIpc) is 2.67. The van der Waals surface area contributed by atoms with Crippen LogP contribution in [0.15, 0.2) is 53.4 Å². The molecular formula is C19H23NO6S. The monoisotopic (exact) mass is 393 g/mol. The third-order valence-electron chi connectivity index (χ3n) is 3.81. The van der Waals surface area contributed by atoms with Crippen LogP contribution in [0.5, 0.6) is 11.5 Å². The lowest BCUT2D eigenvalue weighted by Gasteiger charge is -2.22. The van der Waals surface area contributed by atoms with Crippen LogP contribution in [0.1, 0.15) is 12.5 Å². The second-order valence-corrected chi connectivity index (χ2v) is 7.52. The summed E-state index contributed by atoms with van der Waals surface area (Å²) in [7, 11) is -1.08. The van der Waals surface area contributed by atoms with E-state index in [4.69, 9.17) is 14.2 Å². The van der Waals surface area contributed by atoms with Gasteiger partial charge in [-0.15, -0.1) is 0 Å². The van der Waals surface area contributed by atoms with E-state index in [0.717, 1.165) is 9.87 Å². The second-order valence-electron chi connectivity index (χ2n) is 5.58. The summed E-state index contributed by atoms with van der Waals surface area (Å²) in [5, 5.41) is 0. The standard InChI is InChI=1S/C19H23NO6S/c1-4-26-19(21)14-20(13-15-8-6-5-7-9-15)27(22,23)16-10-11-17(24-2)18(12-16)25-3/h5-12H,4,13-14H2,1-3H3. The molecule has 0 saturated carbocycles. The molecule has 0 aliphatic heterocycles. The van der Waals surface area contributed by atoms with E-state index >= 15 is 0 Å². The van der Waals surface area contributed by atoms with Gasteiger partial charge in [-0.05, 0) is 24.6 Å². The van der Waals surface area contributed by atoms with Crippen LogP contribution in [0.2, 0.25) is 0 Å². The highest BCUT2D eigenvalue weighted by Crippen LogP contribution is 2.31. The summed E-state index contributed by atoms with van der Waals surface area (Å²) in [5.41, 5.74) is 0.755. The van der Waals surface area contributed by atoms with Crippen LogP contribution in [-0.4, -0.2) is 46.1 Å². The van der Waals surface area contributed by atoms with E-state index in [-0.39, 0.29) is 30.3 Å². The van der Waals surface area contributed by atoms with E-state index in [1.54, 1.807) is 31.2 Å². The highest BCUT2D eigenvalue weighted by atomic mass is 32.2. The molecule has 0 saturated heterocycles. The Labute approximate surface area is 159 Å². The first-order chi connectivity index (χ1) is 12.9. The van der Waals surface area contributed by atoms with Crippen molar-refractivity contribution in [1.82, 2.24) is 4.31 Å². The second kappa shape index (κ2) is 9.38. The van der Waals surface area contributed by atoms with Crippen molar-refractivity contribution in [2.75, 3.05) is 27.4 Å². The van der Waals surface area contributed by atoms with Crippen LogP contribution in [0.25, 0.3) is 0 Å². The van der Waals surface area contributed by atoms with Crippen LogP contribution >= 0.6 is 0 Å². The Morgan fingerprint density at radius 3 is 2.26 bits per heavy atom. The van der Waals surface area contributed by atoms with Gasteiger partial charge in [0.2, 0.25) is 10.0 Å². The minimum atomic E-state index is -3.97. The molecule has 0 aliphatic rings. The summed E-state index contributed by atoms with van der Waals surface area (Å²) in [4.78, 5) is 12.0. The molecule has 0 radical (unpaired) electrons. The zero-order valence-corrected chi connectivity index (χ0v) is 16.4. The molecule has 0 spiro atoms. The molecule has 0 amide bonds. The van der Waals surface area contributed by atoms with Crippen molar-refractivity contribution in [1.29, 1.82) is 0 Å². The van der Waals surface area contributed by atoms with Crippen molar-refractivity contribution >= 4 is 16.0 Å². The molecule has 0 aliphatic carbocycles. The fraction of sp³-hybridized carbons (Fsp3) is 0.316. The van der Waals surface area contributed by atoms with E-state index in [1.807, 2.05) is 6.07 Å². The van der Waals surface area contributed by atoms with Crippen LogP contribution in [-0.2, 0) is 26.1 Å². The van der Waals surface area contributed by atoms with Gasteiger partial charge < -0.3 is 14.2 Å². The molecule has 0 N–H and O–H groups in total. The average molecular weight is 393 g/mol. The highest BCUT2D eigenvalue weighted by molar-refractivity contribution is 7.89. The van der Waals surface area contributed by atoms with Crippen molar-refractivity contribution in [2.45, 2.75) is 18.4 Å². The van der Waals surface area contributed by atoms with E-state index in [0.29, 0.717) is 5.75 Å². The number of esters is 1. The summed E-state index contributed by atoms with van der Waals surface area (Å²) in [6.45, 7) is 1.49. The van der Waals surface area contributed by atoms with Gasteiger partial charge in [-0.3, -0.25) is 4.79 Å². The zero-order valence-electron chi connectivity index (χ0n) is 15.5. The van der Waals surface area contributed by atoms with Gasteiger partial charge in [0.05, 0.1) is 25.7 Å². The molecule has 7 nitrogen and oxygen atoms in total. The van der Waals surface area contributed by atoms with Gasteiger partial charge in [0.1, 0.15) is 6.54 Å². The lowest BCUT2D eigenvalue weighted by molar-refractivity contribution is -0.143. The van der Waals surface area contributed by atoms with Crippen molar-refractivity contribution in [3.8, 4) is 11.5 Å². The Hall–Kier alpha value is -2.58. The molecule has 0 bridgehead atoms. The third-order valence-corrected chi connectivity index (χ3v) is 5.59. The van der Waals surface area contributed by atoms with Crippen molar-refractivity contribution in [3.63, 3.8) is 0 Å². The van der Waals surface area contributed by atoms with Crippen molar-refractivity contribution in [3.05, 3.63) is 54.1 Å². The SMILES string of the molecule is CCOC(=O)CN(Cc1ccccc1)S(=O)(=O)c1ccc(OC)c(OC)c1. The quantitative estimate of drug-likeness (QED) is 0.609. The summed E-state index contributed by atoms with van der Waals surface area (Å²) < 4.78 is 42.7. The first kappa shape index (κ1) is 20.7. The fourth-order valence-electron chi connectivity index (χ4n) is 2.49. The fourth-order valence-corrected chi connectivity index (χ4v) is 3.88. The predicted octanol–water partition coefficient (Wildman–Crippen LogP) is 2.46. The Morgan fingerprint density at radius 1 is 1.00 bits per heavy atom. The van der Waals surface area contributed by atoms with Crippen molar-refractivity contribution < 1.29 is 27.4 Å². The number of nitrogens with zero attached hydrogens (tertiary/aromatic N) is 1.